The van der Waals surface area contributed by atoms with E-state index in [2.05, 4.69) is 15.2 Å². The van der Waals surface area contributed by atoms with Gasteiger partial charge >= 0.3 is 0 Å². The molecule has 8 nitrogen and oxygen atoms in total. The van der Waals surface area contributed by atoms with Gasteiger partial charge in [0.25, 0.3) is 5.69 Å². The van der Waals surface area contributed by atoms with E-state index < -0.39 is 4.92 Å². The molecule has 1 fully saturated rings. The number of anilines is 2. The first-order valence-electron chi connectivity index (χ1n) is 9.35. The molecule has 146 valence electrons. The summed E-state index contributed by atoms with van der Waals surface area (Å²) >= 11 is 0. The average Bonchev–Trinajstić information content (AvgIpc) is 3.27. The Kier molecular flexibility index (Phi) is 5.15. The van der Waals surface area contributed by atoms with Crippen LogP contribution in [0.25, 0.3) is 17.1 Å². The molecule has 0 atom stereocenters. The summed E-state index contributed by atoms with van der Waals surface area (Å²) in [6, 6.07) is 13.5. The Morgan fingerprint density at radius 2 is 1.69 bits per heavy atom. The molecule has 4 rings (SSSR count). The van der Waals surface area contributed by atoms with Crippen molar-refractivity contribution in [3.05, 3.63) is 70.3 Å². The van der Waals surface area contributed by atoms with Crippen LogP contribution in [0.2, 0.25) is 0 Å². The third-order valence-electron chi connectivity index (χ3n) is 4.73. The van der Waals surface area contributed by atoms with E-state index in [1.807, 2.05) is 24.3 Å². The van der Waals surface area contributed by atoms with Crippen molar-refractivity contribution in [1.82, 2.24) is 9.97 Å². The molecule has 0 saturated carbocycles. The highest BCUT2D eigenvalue weighted by Crippen LogP contribution is 2.27. The van der Waals surface area contributed by atoms with E-state index in [-0.39, 0.29) is 11.6 Å². The lowest BCUT2D eigenvalue weighted by Crippen LogP contribution is -2.22. The van der Waals surface area contributed by atoms with E-state index in [1.54, 1.807) is 18.2 Å². The molecule has 3 aromatic rings. The van der Waals surface area contributed by atoms with Crippen molar-refractivity contribution in [3.8, 4) is 0 Å². The lowest BCUT2D eigenvalue weighted by Gasteiger charge is -2.19. The highest BCUT2D eigenvalue weighted by atomic mass is 16.6. The van der Waals surface area contributed by atoms with Gasteiger partial charge in [0.2, 0.25) is 5.91 Å². The summed E-state index contributed by atoms with van der Waals surface area (Å²) in [5.74, 6) is 0.774. The topological polar surface area (TPSA) is 101 Å². The number of hydrogen-bond donors (Lipinski definition) is 1. The van der Waals surface area contributed by atoms with Gasteiger partial charge in [-0.05, 0) is 48.7 Å². The Morgan fingerprint density at radius 3 is 2.34 bits per heavy atom. The van der Waals surface area contributed by atoms with Crippen LogP contribution in [0.3, 0.4) is 0 Å². The van der Waals surface area contributed by atoms with Gasteiger partial charge < -0.3 is 10.2 Å². The highest BCUT2D eigenvalue weighted by Gasteiger charge is 2.20. The minimum absolute atomic E-state index is 0.00768. The number of non-ortho nitro benzene ring substituents is 1. The molecule has 29 heavy (non-hydrogen) atoms. The second-order valence-electron chi connectivity index (χ2n) is 6.75. The Labute approximate surface area is 167 Å². The van der Waals surface area contributed by atoms with Gasteiger partial charge in [0.1, 0.15) is 0 Å². The molecule has 8 heteroatoms. The van der Waals surface area contributed by atoms with Crippen LogP contribution in [0.1, 0.15) is 18.4 Å². The van der Waals surface area contributed by atoms with Crippen molar-refractivity contribution in [2.24, 2.45) is 0 Å². The van der Waals surface area contributed by atoms with Crippen LogP contribution in [0.15, 0.2) is 54.6 Å². The molecule has 2 aromatic carbocycles. The van der Waals surface area contributed by atoms with Crippen LogP contribution >= 0.6 is 0 Å². The average molecular weight is 389 g/mol. The Morgan fingerprint density at radius 1 is 1.03 bits per heavy atom. The number of aromatic nitrogens is 2. The number of para-hydroxylation sites is 2. The summed E-state index contributed by atoms with van der Waals surface area (Å²) in [4.78, 5) is 34.2. The van der Waals surface area contributed by atoms with Gasteiger partial charge in [0, 0.05) is 31.3 Å². The van der Waals surface area contributed by atoms with E-state index in [0.717, 1.165) is 31.4 Å². The fourth-order valence-corrected chi connectivity index (χ4v) is 3.26. The Balaban J connectivity index is 1.56. The number of carbonyl (C=O) groups excluding carboxylic acids is 1. The van der Waals surface area contributed by atoms with E-state index in [1.165, 1.54) is 18.2 Å². The molecule has 2 heterocycles. The van der Waals surface area contributed by atoms with Gasteiger partial charge in [-0.25, -0.2) is 9.97 Å². The fourth-order valence-electron chi connectivity index (χ4n) is 3.26. The van der Waals surface area contributed by atoms with E-state index in [0.29, 0.717) is 22.7 Å². The summed E-state index contributed by atoms with van der Waals surface area (Å²) in [6.45, 7) is 1.77. The summed E-state index contributed by atoms with van der Waals surface area (Å²) in [7, 11) is 0. The number of hydrogen-bond acceptors (Lipinski definition) is 6. The van der Waals surface area contributed by atoms with Gasteiger partial charge in [-0.2, -0.15) is 0 Å². The lowest BCUT2D eigenvalue weighted by atomic mass is 10.2. The zero-order valence-electron chi connectivity index (χ0n) is 15.6. The molecular weight excluding hydrogens is 370 g/mol. The number of nitro benzene ring substituents is 1. The van der Waals surface area contributed by atoms with Crippen LogP contribution in [0, 0.1) is 10.1 Å². The van der Waals surface area contributed by atoms with Gasteiger partial charge in [0.05, 0.1) is 16.0 Å². The summed E-state index contributed by atoms with van der Waals surface area (Å²) in [5.41, 5.74) is 2.20. The molecule has 1 saturated heterocycles. The number of benzene rings is 2. The Hall–Kier alpha value is -3.81. The number of rotatable bonds is 5. The maximum Gasteiger partial charge on any atom is 0.269 e. The van der Waals surface area contributed by atoms with E-state index in [4.69, 9.17) is 4.98 Å². The first kappa shape index (κ1) is 18.5. The molecule has 0 radical (unpaired) electrons. The predicted molar refractivity (Wildman–Crippen MR) is 112 cm³/mol. The number of nitrogens with zero attached hydrogens (tertiary/aromatic N) is 4. The van der Waals surface area contributed by atoms with Gasteiger partial charge in [-0.15, -0.1) is 0 Å². The monoisotopic (exact) mass is 389 g/mol. The zero-order chi connectivity index (χ0) is 20.2. The van der Waals surface area contributed by atoms with Crippen LogP contribution in [-0.4, -0.2) is 33.9 Å². The standard InChI is InChI=1S/C21H19N5O3/c27-19(12-9-15-7-10-16(11-8-15)26(28)29)24-20-21(25-13-3-4-14-25)23-18-6-2-1-5-17(18)22-20/h1-2,5-12H,3-4,13-14H2,(H,22,24,27)/b12-9+. The quantitative estimate of drug-likeness (QED) is 0.405. The van der Waals surface area contributed by atoms with Crippen molar-refractivity contribution >= 4 is 40.3 Å². The molecule has 1 N–H and O–H groups in total. The summed E-state index contributed by atoms with van der Waals surface area (Å²) < 4.78 is 0. The second kappa shape index (κ2) is 8.05. The zero-order valence-corrected chi connectivity index (χ0v) is 15.6. The molecule has 1 aliphatic heterocycles. The second-order valence-corrected chi connectivity index (χ2v) is 6.75. The fraction of sp³-hybridized carbons (Fsp3) is 0.190. The van der Waals surface area contributed by atoms with Crippen LogP contribution in [0.5, 0.6) is 0 Å². The minimum Gasteiger partial charge on any atom is -0.354 e. The SMILES string of the molecule is O=C(/C=C/c1ccc([N+](=O)[O-])cc1)Nc1nc2ccccc2nc1N1CCCC1. The molecule has 0 bridgehead atoms. The molecule has 0 aliphatic carbocycles. The Bertz CT molecular complexity index is 1090. The molecule has 1 amide bonds. The number of nitrogens with one attached hydrogen (secondary N) is 1. The number of nitro groups is 1. The number of fused-ring (bicyclic) bond motifs is 1. The molecule has 1 aromatic heterocycles. The van der Waals surface area contributed by atoms with Crippen molar-refractivity contribution < 1.29 is 9.72 Å². The van der Waals surface area contributed by atoms with Crippen LogP contribution in [-0.2, 0) is 4.79 Å². The highest BCUT2D eigenvalue weighted by molar-refractivity contribution is 6.03. The third-order valence-corrected chi connectivity index (χ3v) is 4.73. The van der Waals surface area contributed by atoms with Crippen molar-refractivity contribution in [3.63, 3.8) is 0 Å². The molecule has 0 spiro atoms. The first-order valence-corrected chi connectivity index (χ1v) is 9.35. The van der Waals surface area contributed by atoms with Crippen molar-refractivity contribution in [2.45, 2.75) is 12.8 Å². The van der Waals surface area contributed by atoms with Crippen LogP contribution in [0.4, 0.5) is 17.3 Å². The largest absolute Gasteiger partial charge is 0.354 e. The summed E-state index contributed by atoms with van der Waals surface area (Å²) in [6.07, 6.45) is 5.15. The molecule has 1 aliphatic rings. The van der Waals surface area contributed by atoms with E-state index in [9.17, 15) is 14.9 Å². The number of carbonyl (C=O) groups is 1. The normalized spacial score (nSPS) is 13.9. The predicted octanol–water partition coefficient (Wildman–Crippen LogP) is 3.79. The van der Waals surface area contributed by atoms with Crippen molar-refractivity contribution in [1.29, 1.82) is 0 Å². The van der Waals surface area contributed by atoms with Crippen LogP contribution < -0.4 is 10.2 Å². The summed E-state index contributed by atoms with van der Waals surface area (Å²) in [5, 5.41) is 13.6. The van der Waals surface area contributed by atoms with Gasteiger partial charge in [-0.1, -0.05) is 12.1 Å². The maximum absolute atomic E-state index is 12.5. The van der Waals surface area contributed by atoms with Crippen molar-refractivity contribution in [2.75, 3.05) is 23.3 Å². The maximum atomic E-state index is 12.5. The smallest absolute Gasteiger partial charge is 0.269 e. The molecule has 0 unspecified atom stereocenters. The number of amides is 1. The van der Waals surface area contributed by atoms with Gasteiger partial charge in [-0.3, -0.25) is 14.9 Å². The lowest BCUT2D eigenvalue weighted by molar-refractivity contribution is -0.384. The minimum atomic E-state index is -0.460. The van der Waals surface area contributed by atoms with Gasteiger partial charge in [0.15, 0.2) is 11.6 Å². The van der Waals surface area contributed by atoms with E-state index >= 15 is 0 Å². The molecular formula is C21H19N5O3. The third kappa shape index (κ3) is 4.21. The first-order chi connectivity index (χ1) is 14.1.